The van der Waals surface area contributed by atoms with Crippen LogP contribution in [0, 0.1) is 0 Å². The Balaban J connectivity index is 1.96. The molecule has 0 spiro atoms. The van der Waals surface area contributed by atoms with Crippen LogP contribution in [0.4, 0.5) is 0 Å². The minimum absolute atomic E-state index is 0.203. The summed E-state index contributed by atoms with van der Waals surface area (Å²) in [6.07, 6.45) is 1.79. The number of aromatic nitrogens is 1. The number of esters is 1. The Hall–Kier alpha value is -3.85. The molecule has 1 aliphatic heterocycles. The molecule has 0 N–H and O–H groups in total. The molecule has 0 saturated carbocycles. The second kappa shape index (κ2) is 10.2. The van der Waals surface area contributed by atoms with Crippen molar-refractivity contribution >= 4 is 23.4 Å². The summed E-state index contributed by atoms with van der Waals surface area (Å²) in [5.74, 6) is 1.20. The largest absolute Gasteiger partial charge is 0.497 e. The van der Waals surface area contributed by atoms with E-state index < -0.39 is 12.0 Å². The van der Waals surface area contributed by atoms with Gasteiger partial charge in [-0.15, -0.1) is 0 Å². The van der Waals surface area contributed by atoms with Gasteiger partial charge in [0.15, 0.2) is 16.3 Å². The average molecular weight is 495 g/mol. The van der Waals surface area contributed by atoms with Crippen LogP contribution in [0.25, 0.3) is 6.08 Å². The molecular formula is C26H26N2O6S. The number of allylic oxidation sites excluding steroid dienone is 1. The minimum atomic E-state index is -0.738. The molecule has 182 valence electrons. The molecule has 0 bridgehead atoms. The van der Waals surface area contributed by atoms with Crippen LogP contribution in [-0.2, 0) is 9.53 Å². The van der Waals surface area contributed by atoms with Crippen LogP contribution in [-0.4, -0.2) is 38.5 Å². The molecule has 1 aliphatic rings. The van der Waals surface area contributed by atoms with Crippen molar-refractivity contribution in [2.24, 2.45) is 4.99 Å². The van der Waals surface area contributed by atoms with Gasteiger partial charge >= 0.3 is 5.97 Å². The second-order valence-electron chi connectivity index (χ2n) is 7.69. The SMILES string of the molecule is CCOC(=O)C1=C(C)N=c2s/c(=C/c3cccc(OC)c3)c(=O)n2C1c1ccc(OC)c(OC)c1. The fourth-order valence-electron chi connectivity index (χ4n) is 4.01. The van der Waals surface area contributed by atoms with Gasteiger partial charge in [-0.2, -0.15) is 0 Å². The molecule has 2 aromatic carbocycles. The maximum absolute atomic E-state index is 13.7. The molecule has 0 saturated heterocycles. The van der Waals surface area contributed by atoms with Gasteiger partial charge in [0.05, 0.1) is 49.8 Å². The zero-order chi connectivity index (χ0) is 25.1. The molecule has 0 fully saturated rings. The Kier molecular flexibility index (Phi) is 7.07. The Morgan fingerprint density at radius 1 is 1.09 bits per heavy atom. The third-order valence-corrected chi connectivity index (χ3v) is 6.61. The summed E-state index contributed by atoms with van der Waals surface area (Å²) in [5.41, 5.74) is 2.04. The molecule has 8 nitrogen and oxygen atoms in total. The van der Waals surface area contributed by atoms with Gasteiger partial charge in [-0.1, -0.05) is 29.5 Å². The number of methoxy groups -OCH3 is 3. The number of carbonyl (C=O) groups excluding carboxylic acids is 1. The Labute approximate surface area is 206 Å². The number of hydrogen-bond acceptors (Lipinski definition) is 8. The molecule has 1 aromatic heterocycles. The lowest BCUT2D eigenvalue weighted by atomic mass is 9.95. The van der Waals surface area contributed by atoms with Crippen molar-refractivity contribution in [2.75, 3.05) is 27.9 Å². The fraction of sp³-hybridized carbons (Fsp3) is 0.269. The first-order valence-electron chi connectivity index (χ1n) is 11.0. The number of fused-ring (bicyclic) bond motifs is 1. The second-order valence-corrected chi connectivity index (χ2v) is 8.70. The normalized spacial score (nSPS) is 15.3. The van der Waals surface area contributed by atoms with Crippen LogP contribution in [0.3, 0.4) is 0 Å². The van der Waals surface area contributed by atoms with Crippen molar-refractivity contribution in [1.29, 1.82) is 0 Å². The van der Waals surface area contributed by atoms with Gasteiger partial charge in [0.1, 0.15) is 5.75 Å². The number of benzene rings is 2. The van der Waals surface area contributed by atoms with E-state index in [-0.39, 0.29) is 12.2 Å². The van der Waals surface area contributed by atoms with Gasteiger partial charge in [0, 0.05) is 0 Å². The van der Waals surface area contributed by atoms with Crippen molar-refractivity contribution in [2.45, 2.75) is 19.9 Å². The number of rotatable bonds is 7. The molecule has 0 amide bonds. The summed E-state index contributed by atoms with van der Waals surface area (Å²) in [5, 5.41) is 0. The zero-order valence-electron chi connectivity index (χ0n) is 20.2. The summed E-state index contributed by atoms with van der Waals surface area (Å²) >= 11 is 1.26. The van der Waals surface area contributed by atoms with Crippen LogP contribution in [0.15, 0.2) is 63.5 Å². The molecule has 1 atom stereocenters. The van der Waals surface area contributed by atoms with Crippen molar-refractivity contribution < 1.29 is 23.7 Å². The van der Waals surface area contributed by atoms with E-state index >= 15 is 0 Å². The van der Waals surface area contributed by atoms with Gasteiger partial charge < -0.3 is 18.9 Å². The van der Waals surface area contributed by atoms with Crippen LogP contribution in [0.1, 0.15) is 31.0 Å². The van der Waals surface area contributed by atoms with Gasteiger partial charge in [-0.3, -0.25) is 9.36 Å². The Bertz CT molecular complexity index is 1480. The average Bonchev–Trinajstić information content (AvgIpc) is 3.17. The Morgan fingerprint density at radius 2 is 1.86 bits per heavy atom. The molecule has 0 aliphatic carbocycles. The molecule has 2 heterocycles. The van der Waals surface area contributed by atoms with Crippen molar-refractivity contribution in [3.05, 3.63) is 84.5 Å². The van der Waals surface area contributed by atoms with Crippen LogP contribution in [0.5, 0.6) is 17.2 Å². The summed E-state index contributed by atoms with van der Waals surface area (Å²) in [4.78, 5) is 31.8. The summed E-state index contributed by atoms with van der Waals surface area (Å²) in [6, 6.07) is 12.0. The topological polar surface area (TPSA) is 88.4 Å². The van der Waals surface area contributed by atoms with E-state index in [9.17, 15) is 9.59 Å². The maximum Gasteiger partial charge on any atom is 0.338 e. The number of ether oxygens (including phenoxy) is 4. The van der Waals surface area contributed by atoms with E-state index in [1.165, 1.54) is 23.0 Å². The maximum atomic E-state index is 13.7. The lowest BCUT2D eigenvalue weighted by Crippen LogP contribution is -2.39. The monoisotopic (exact) mass is 494 g/mol. The number of thiazole rings is 1. The van der Waals surface area contributed by atoms with E-state index in [1.54, 1.807) is 46.3 Å². The summed E-state index contributed by atoms with van der Waals surface area (Å²) in [7, 11) is 4.68. The third kappa shape index (κ3) is 4.59. The fourth-order valence-corrected chi connectivity index (χ4v) is 5.06. The smallest absolute Gasteiger partial charge is 0.338 e. The molecule has 1 unspecified atom stereocenters. The van der Waals surface area contributed by atoms with E-state index in [0.29, 0.717) is 43.4 Å². The summed E-state index contributed by atoms with van der Waals surface area (Å²) in [6.45, 7) is 3.69. The molecule has 35 heavy (non-hydrogen) atoms. The first kappa shape index (κ1) is 24.3. The van der Waals surface area contributed by atoms with Gasteiger partial charge in [0.25, 0.3) is 5.56 Å². The zero-order valence-corrected chi connectivity index (χ0v) is 21.0. The van der Waals surface area contributed by atoms with Crippen LogP contribution >= 0.6 is 11.3 Å². The molecule has 4 rings (SSSR count). The van der Waals surface area contributed by atoms with Crippen molar-refractivity contribution in [3.63, 3.8) is 0 Å². The molecule has 9 heteroatoms. The standard InChI is InChI=1S/C26H26N2O6S/c1-6-34-25(30)22-15(2)27-26-28(23(22)17-10-11-19(32-4)20(14-17)33-5)24(29)21(35-26)13-16-8-7-9-18(12-16)31-3/h7-14,23H,6H2,1-5H3/b21-13+. The third-order valence-electron chi connectivity index (χ3n) is 5.63. The lowest BCUT2D eigenvalue weighted by molar-refractivity contribution is -0.139. The number of hydrogen-bond donors (Lipinski definition) is 0. The van der Waals surface area contributed by atoms with Gasteiger partial charge in [-0.25, -0.2) is 9.79 Å². The van der Waals surface area contributed by atoms with Gasteiger partial charge in [0.2, 0.25) is 0 Å². The summed E-state index contributed by atoms with van der Waals surface area (Å²) < 4.78 is 23.5. The Morgan fingerprint density at radius 3 is 2.54 bits per heavy atom. The number of nitrogens with zero attached hydrogens (tertiary/aromatic N) is 2. The highest BCUT2D eigenvalue weighted by Crippen LogP contribution is 2.36. The van der Waals surface area contributed by atoms with Gasteiger partial charge in [-0.05, 0) is 55.3 Å². The molecular weight excluding hydrogens is 468 g/mol. The van der Waals surface area contributed by atoms with E-state index in [0.717, 1.165) is 5.56 Å². The lowest BCUT2D eigenvalue weighted by Gasteiger charge is -2.25. The van der Waals surface area contributed by atoms with Crippen LogP contribution in [0.2, 0.25) is 0 Å². The predicted molar refractivity (Wildman–Crippen MR) is 133 cm³/mol. The van der Waals surface area contributed by atoms with E-state index in [1.807, 2.05) is 30.3 Å². The van der Waals surface area contributed by atoms with Crippen LogP contribution < -0.4 is 29.1 Å². The quantitative estimate of drug-likeness (QED) is 0.470. The molecule has 3 aromatic rings. The van der Waals surface area contributed by atoms with Crippen molar-refractivity contribution in [1.82, 2.24) is 4.57 Å². The first-order chi connectivity index (χ1) is 16.9. The highest BCUT2D eigenvalue weighted by Gasteiger charge is 2.33. The predicted octanol–water partition coefficient (Wildman–Crippen LogP) is 2.82. The first-order valence-corrected chi connectivity index (χ1v) is 11.8. The molecule has 0 radical (unpaired) electrons. The number of carbonyl (C=O) groups is 1. The van der Waals surface area contributed by atoms with Crippen molar-refractivity contribution in [3.8, 4) is 17.2 Å². The van der Waals surface area contributed by atoms with E-state index in [4.69, 9.17) is 18.9 Å². The minimum Gasteiger partial charge on any atom is -0.497 e. The highest BCUT2D eigenvalue weighted by molar-refractivity contribution is 7.07. The highest BCUT2D eigenvalue weighted by atomic mass is 32.1. The van der Waals surface area contributed by atoms with E-state index in [2.05, 4.69) is 4.99 Å².